The second-order valence-corrected chi connectivity index (χ2v) is 13.7. The van der Waals surface area contributed by atoms with Crippen LogP contribution in [0.2, 0.25) is 0 Å². The molecule has 4 heteroatoms. The van der Waals surface area contributed by atoms with Crippen LogP contribution in [0.25, 0.3) is 0 Å². The zero-order valence-corrected chi connectivity index (χ0v) is 24.9. The predicted octanol–water partition coefficient (Wildman–Crippen LogP) is 6.49. The summed E-state index contributed by atoms with van der Waals surface area (Å²) in [4.78, 5) is 15.6. The molecule has 0 atom stereocenters. The third-order valence-electron chi connectivity index (χ3n) is 8.24. The molecule has 5 aromatic rings. The average molecular weight is 571 g/mol. The minimum absolute atomic E-state index is 0.0340. The van der Waals surface area contributed by atoms with E-state index >= 15 is 4.79 Å². The monoisotopic (exact) mass is 570 g/mol. The van der Waals surface area contributed by atoms with E-state index in [2.05, 4.69) is 72.8 Å². The van der Waals surface area contributed by atoms with E-state index in [9.17, 15) is 0 Å². The van der Waals surface area contributed by atoms with Crippen LogP contribution in [0.4, 0.5) is 0 Å². The highest BCUT2D eigenvalue weighted by Crippen LogP contribution is 2.62. The summed E-state index contributed by atoms with van der Waals surface area (Å²) in [7, 11) is 0. The summed E-state index contributed by atoms with van der Waals surface area (Å²) >= 11 is 0. The Morgan fingerprint density at radius 1 is 0.500 bits per heavy atom. The second-order valence-electron chi connectivity index (χ2n) is 10.3. The van der Waals surface area contributed by atoms with Crippen LogP contribution in [-0.4, -0.2) is 30.1 Å². The summed E-state index contributed by atoms with van der Waals surface area (Å²) in [5, 5.41) is 3.95. The minimum Gasteiger partial charge on any atom is -0.345 e. The van der Waals surface area contributed by atoms with Crippen LogP contribution in [-0.2, 0) is 19.7 Å². The predicted molar refractivity (Wildman–Crippen MR) is 175 cm³/mol. The third-order valence-corrected chi connectivity index (χ3v) is 12.6. The lowest BCUT2D eigenvalue weighted by Crippen LogP contribution is -2.78. The van der Waals surface area contributed by atoms with Crippen LogP contribution >= 0.6 is 6.89 Å². The van der Waals surface area contributed by atoms with E-state index < -0.39 is 18.1 Å². The first kappa shape index (κ1) is 28.1. The molecule has 0 radical (unpaired) electrons. The van der Waals surface area contributed by atoms with Crippen molar-refractivity contribution >= 4 is 33.9 Å². The molecule has 0 N–H and O–H groups in total. The van der Waals surface area contributed by atoms with Gasteiger partial charge in [-0.1, -0.05) is 152 Å². The van der Waals surface area contributed by atoms with Gasteiger partial charge in [-0.15, -0.1) is 0 Å². The lowest BCUT2D eigenvalue weighted by Gasteiger charge is -2.60. The Morgan fingerprint density at radius 2 is 0.810 bits per heavy atom. The molecule has 6 rings (SSSR count). The zero-order chi connectivity index (χ0) is 29.0. The first-order chi connectivity index (χ1) is 20.7. The number of carbonyl (C=O) groups excluding carboxylic acids is 1. The fraction of sp³-hybridized carbons (Fsp3) is 0.158. The van der Waals surface area contributed by atoms with Gasteiger partial charge < -0.3 is 9.47 Å². The van der Waals surface area contributed by atoms with E-state index in [1.54, 1.807) is 0 Å². The summed E-state index contributed by atoms with van der Waals surface area (Å²) in [5.41, 5.74) is 0.527. The number of hydrogen-bond donors (Lipinski definition) is 0. The number of Topliss-reactive ketones (excluding diaryl/α,β-unsaturated/α-hetero) is 1. The Balaban J connectivity index is 1.88. The maximum atomic E-state index is 15.6. The molecule has 5 aromatic carbocycles. The molecule has 0 saturated heterocycles. The highest BCUT2D eigenvalue weighted by Gasteiger charge is 2.75. The van der Waals surface area contributed by atoms with Crippen LogP contribution in [0.3, 0.4) is 0 Å². The van der Waals surface area contributed by atoms with Gasteiger partial charge in [0.1, 0.15) is 5.41 Å². The summed E-state index contributed by atoms with van der Waals surface area (Å²) in [6, 6.07) is 51.4. The Bertz CT molecular complexity index is 1550. The largest absolute Gasteiger partial charge is 0.345 e. The Morgan fingerprint density at radius 3 is 1.12 bits per heavy atom. The zero-order valence-electron chi connectivity index (χ0n) is 24.0. The fourth-order valence-corrected chi connectivity index (χ4v) is 11.5. The quantitative estimate of drug-likeness (QED) is 0.150. The van der Waals surface area contributed by atoms with Gasteiger partial charge in [-0.3, -0.25) is 4.79 Å². The second kappa shape index (κ2) is 11.7. The molecule has 0 unspecified atom stereocenters. The van der Waals surface area contributed by atoms with Crippen LogP contribution < -0.4 is 15.9 Å². The Labute approximate surface area is 248 Å². The molecule has 210 valence electrons. The lowest BCUT2D eigenvalue weighted by atomic mass is 9.54. The topological polar surface area (TPSA) is 35.5 Å². The molecule has 1 aliphatic carbocycles. The van der Waals surface area contributed by atoms with Crippen LogP contribution in [0, 0.1) is 0 Å². The van der Waals surface area contributed by atoms with E-state index in [4.69, 9.17) is 9.47 Å². The molecule has 0 heterocycles. The molecule has 0 bridgehead atoms. The van der Waals surface area contributed by atoms with Crippen LogP contribution in [0.15, 0.2) is 152 Å². The van der Waals surface area contributed by atoms with Crippen molar-refractivity contribution in [2.24, 2.45) is 0 Å². The molecule has 0 amide bonds. The molecular weight excluding hydrogens is 535 g/mol. The smallest absolute Gasteiger partial charge is 0.221 e. The summed E-state index contributed by atoms with van der Waals surface area (Å²) in [6.07, 6.45) is 0. The van der Waals surface area contributed by atoms with Crippen LogP contribution in [0.5, 0.6) is 0 Å². The number of hydrogen-bond acceptors (Lipinski definition) is 3. The molecule has 1 fully saturated rings. The highest BCUT2D eigenvalue weighted by atomic mass is 31.2. The number of ether oxygens (including phenoxy) is 2. The van der Waals surface area contributed by atoms with Crippen molar-refractivity contribution in [3.05, 3.63) is 163 Å². The van der Waals surface area contributed by atoms with Crippen molar-refractivity contribution in [2.45, 2.75) is 25.0 Å². The molecule has 0 aromatic heterocycles. The molecule has 1 aliphatic rings. The molecule has 3 nitrogen and oxygen atoms in total. The lowest BCUT2D eigenvalue weighted by molar-refractivity contribution is -0.229. The first-order valence-electron chi connectivity index (χ1n) is 14.6. The fourth-order valence-electron chi connectivity index (χ4n) is 6.74. The molecule has 1 saturated carbocycles. The first-order valence-corrected chi connectivity index (χ1v) is 16.3. The number of rotatable bonds is 9. The van der Waals surface area contributed by atoms with E-state index in [1.165, 1.54) is 0 Å². The van der Waals surface area contributed by atoms with Gasteiger partial charge in [-0.2, -0.15) is 0 Å². The van der Waals surface area contributed by atoms with Gasteiger partial charge in [0.25, 0.3) is 0 Å². The van der Waals surface area contributed by atoms with Crippen molar-refractivity contribution < 1.29 is 14.3 Å². The standard InChI is InChI=1S/C38H35O3P/c1-3-40-38(41-4-2)36(35(39)37(38,30-20-10-5-11-21-30)31-22-12-6-13-23-31)42(32-24-14-7-15-25-32,33-26-16-8-17-27-33)34-28-18-9-19-29-34/h5-29H,3-4H2,1-2H3. The van der Waals surface area contributed by atoms with E-state index in [-0.39, 0.29) is 5.78 Å². The number of benzene rings is 5. The normalized spacial score (nSPS) is 15.7. The van der Waals surface area contributed by atoms with Gasteiger partial charge in [0.05, 0.1) is 5.29 Å². The van der Waals surface area contributed by atoms with Crippen molar-refractivity contribution in [1.82, 2.24) is 0 Å². The van der Waals surface area contributed by atoms with Crippen molar-refractivity contribution in [3.8, 4) is 0 Å². The number of carbonyl (C=O) groups is 1. The summed E-state index contributed by atoms with van der Waals surface area (Å²) < 4.78 is 13.9. The van der Waals surface area contributed by atoms with Gasteiger partial charge in [-0.25, -0.2) is 0 Å². The SMILES string of the molecule is CCOC1(OCC)C(=P(c2ccccc2)(c2ccccc2)c2ccccc2)C(=O)C1(c1ccccc1)c1ccccc1. The summed E-state index contributed by atoms with van der Waals surface area (Å²) in [6.45, 7) is 1.91. The maximum absolute atomic E-state index is 15.6. The maximum Gasteiger partial charge on any atom is 0.221 e. The minimum atomic E-state index is -2.80. The molecule has 0 aliphatic heterocycles. The van der Waals surface area contributed by atoms with E-state index in [0.717, 1.165) is 27.0 Å². The van der Waals surface area contributed by atoms with Crippen molar-refractivity contribution in [3.63, 3.8) is 0 Å². The summed E-state index contributed by atoms with van der Waals surface area (Å²) in [5.74, 6) is -1.32. The Hall–Kier alpha value is -4.01. The molecule has 0 spiro atoms. The van der Waals surface area contributed by atoms with Gasteiger partial charge in [0.2, 0.25) is 5.79 Å². The van der Waals surface area contributed by atoms with Crippen molar-refractivity contribution in [1.29, 1.82) is 0 Å². The van der Waals surface area contributed by atoms with Gasteiger partial charge in [-0.05, 0) is 47.8 Å². The third kappa shape index (κ3) is 4.00. The Kier molecular flexibility index (Phi) is 7.84. The average Bonchev–Trinajstić information content (AvgIpc) is 3.06. The molecule has 42 heavy (non-hydrogen) atoms. The van der Waals surface area contributed by atoms with Gasteiger partial charge in [0, 0.05) is 13.2 Å². The van der Waals surface area contributed by atoms with Gasteiger partial charge in [0.15, 0.2) is 5.78 Å². The van der Waals surface area contributed by atoms with Crippen LogP contribution in [0.1, 0.15) is 25.0 Å². The molecular formula is C38H35O3P. The van der Waals surface area contributed by atoms with Crippen molar-refractivity contribution in [2.75, 3.05) is 13.2 Å². The van der Waals surface area contributed by atoms with Gasteiger partial charge >= 0.3 is 0 Å². The van der Waals surface area contributed by atoms with E-state index in [0.29, 0.717) is 18.5 Å². The van der Waals surface area contributed by atoms with E-state index in [1.807, 2.05) is 92.7 Å². The number of ketones is 1. The highest BCUT2D eigenvalue weighted by molar-refractivity contribution is 7.97.